The number of nitrogen functional groups attached to an aromatic ring is 1. The van der Waals surface area contributed by atoms with E-state index in [-0.39, 0.29) is 24.0 Å². The zero-order valence-electron chi connectivity index (χ0n) is 15.1. The SMILES string of the molecule is CCc1ccc(NC(=O)Cn2nnc(C(=O)Nc3ccc(Br)cc3)c2N)cc1. The van der Waals surface area contributed by atoms with Crippen LogP contribution < -0.4 is 16.4 Å². The molecule has 0 saturated carbocycles. The van der Waals surface area contributed by atoms with Crippen LogP contribution in [0.25, 0.3) is 0 Å². The average Bonchev–Trinajstić information content (AvgIpc) is 3.04. The second-order valence-corrected chi connectivity index (χ2v) is 6.96. The third-order valence-corrected chi connectivity index (χ3v) is 4.56. The van der Waals surface area contributed by atoms with E-state index in [0.29, 0.717) is 11.4 Å². The van der Waals surface area contributed by atoms with Gasteiger partial charge in [-0.2, -0.15) is 0 Å². The lowest BCUT2D eigenvalue weighted by molar-refractivity contribution is -0.116. The molecule has 2 amide bonds. The molecular formula is C19H19BrN6O2. The Morgan fingerprint density at radius 3 is 2.29 bits per heavy atom. The Balaban J connectivity index is 1.63. The van der Waals surface area contributed by atoms with Crippen LogP contribution in [0.1, 0.15) is 23.0 Å². The van der Waals surface area contributed by atoms with E-state index in [4.69, 9.17) is 5.73 Å². The predicted molar refractivity (Wildman–Crippen MR) is 111 cm³/mol. The molecule has 0 aliphatic heterocycles. The molecule has 4 N–H and O–H groups in total. The first-order chi connectivity index (χ1) is 13.5. The maximum Gasteiger partial charge on any atom is 0.280 e. The Kier molecular flexibility index (Phi) is 6.05. The molecule has 0 aliphatic rings. The van der Waals surface area contributed by atoms with Crippen LogP contribution >= 0.6 is 15.9 Å². The number of carbonyl (C=O) groups excluding carboxylic acids is 2. The number of benzene rings is 2. The van der Waals surface area contributed by atoms with Crippen LogP contribution in [0.2, 0.25) is 0 Å². The highest BCUT2D eigenvalue weighted by Crippen LogP contribution is 2.16. The largest absolute Gasteiger partial charge is 0.382 e. The van der Waals surface area contributed by atoms with Gasteiger partial charge in [-0.15, -0.1) is 5.10 Å². The van der Waals surface area contributed by atoms with Crippen molar-refractivity contribution in [3.63, 3.8) is 0 Å². The first-order valence-corrected chi connectivity index (χ1v) is 9.40. The van der Waals surface area contributed by atoms with Crippen LogP contribution in [0.15, 0.2) is 53.0 Å². The van der Waals surface area contributed by atoms with E-state index in [9.17, 15) is 9.59 Å². The summed E-state index contributed by atoms with van der Waals surface area (Å²) in [5.41, 5.74) is 8.36. The number of halogens is 1. The zero-order valence-corrected chi connectivity index (χ0v) is 16.7. The number of nitrogens with zero attached hydrogens (tertiary/aromatic N) is 3. The highest BCUT2D eigenvalue weighted by atomic mass is 79.9. The fourth-order valence-corrected chi connectivity index (χ4v) is 2.75. The predicted octanol–water partition coefficient (Wildman–Crippen LogP) is 3.08. The summed E-state index contributed by atoms with van der Waals surface area (Å²) in [7, 11) is 0. The minimum absolute atomic E-state index is 0.0195. The summed E-state index contributed by atoms with van der Waals surface area (Å²) >= 11 is 3.33. The number of carbonyl (C=O) groups is 2. The fraction of sp³-hybridized carbons (Fsp3) is 0.158. The van der Waals surface area contributed by atoms with Crippen molar-refractivity contribution in [1.82, 2.24) is 15.0 Å². The molecule has 0 bridgehead atoms. The van der Waals surface area contributed by atoms with E-state index < -0.39 is 5.91 Å². The van der Waals surface area contributed by atoms with E-state index in [2.05, 4.69) is 43.8 Å². The molecule has 0 spiro atoms. The van der Waals surface area contributed by atoms with E-state index in [1.165, 1.54) is 10.2 Å². The van der Waals surface area contributed by atoms with Gasteiger partial charge in [-0.05, 0) is 48.4 Å². The Morgan fingerprint density at radius 2 is 1.64 bits per heavy atom. The van der Waals surface area contributed by atoms with Crippen LogP contribution in [-0.2, 0) is 17.8 Å². The molecular weight excluding hydrogens is 424 g/mol. The molecule has 1 aromatic heterocycles. The van der Waals surface area contributed by atoms with E-state index in [1.807, 2.05) is 24.3 Å². The van der Waals surface area contributed by atoms with Gasteiger partial charge in [-0.3, -0.25) is 9.59 Å². The minimum Gasteiger partial charge on any atom is -0.382 e. The van der Waals surface area contributed by atoms with Gasteiger partial charge in [-0.1, -0.05) is 40.2 Å². The highest BCUT2D eigenvalue weighted by molar-refractivity contribution is 9.10. The van der Waals surface area contributed by atoms with E-state index in [1.54, 1.807) is 24.3 Å². The monoisotopic (exact) mass is 442 g/mol. The van der Waals surface area contributed by atoms with Gasteiger partial charge in [0.25, 0.3) is 5.91 Å². The number of aryl methyl sites for hydroxylation is 1. The summed E-state index contributed by atoms with van der Waals surface area (Å²) < 4.78 is 2.08. The van der Waals surface area contributed by atoms with Gasteiger partial charge in [0.1, 0.15) is 6.54 Å². The lowest BCUT2D eigenvalue weighted by Gasteiger charge is -2.07. The van der Waals surface area contributed by atoms with Gasteiger partial charge < -0.3 is 16.4 Å². The molecule has 0 fully saturated rings. The van der Waals surface area contributed by atoms with Gasteiger partial charge in [0.2, 0.25) is 5.91 Å². The summed E-state index contributed by atoms with van der Waals surface area (Å²) in [6.45, 7) is 1.91. The number of amides is 2. The van der Waals surface area contributed by atoms with E-state index in [0.717, 1.165) is 10.9 Å². The molecule has 144 valence electrons. The number of nitrogens with two attached hydrogens (primary N) is 1. The van der Waals surface area contributed by atoms with Crippen LogP contribution in [-0.4, -0.2) is 26.8 Å². The van der Waals surface area contributed by atoms with Crippen LogP contribution in [0, 0.1) is 0 Å². The molecule has 28 heavy (non-hydrogen) atoms. The number of hydrogen-bond donors (Lipinski definition) is 3. The minimum atomic E-state index is -0.498. The third-order valence-electron chi connectivity index (χ3n) is 4.03. The van der Waals surface area contributed by atoms with Crippen molar-refractivity contribution in [2.24, 2.45) is 0 Å². The molecule has 1 heterocycles. The molecule has 0 aliphatic carbocycles. The summed E-state index contributed by atoms with van der Waals surface area (Å²) in [4.78, 5) is 24.6. The summed E-state index contributed by atoms with van der Waals surface area (Å²) in [5, 5.41) is 13.1. The maximum absolute atomic E-state index is 12.4. The lowest BCUT2D eigenvalue weighted by Crippen LogP contribution is -2.21. The van der Waals surface area contributed by atoms with Crippen molar-refractivity contribution >= 4 is 44.9 Å². The fourth-order valence-electron chi connectivity index (χ4n) is 2.48. The number of anilines is 3. The standard InChI is InChI=1S/C19H19BrN6O2/c1-2-12-3-7-14(8-4-12)22-16(27)11-26-18(21)17(24-25-26)19(28)23-15-9-5-13(20)6-10-15/h3-10H,2,11,21H2,1H3,(H,22,27)(H,23,28). The molecule has 9 heteroatoms. The molecule has 0 atom stereocenters. The van der Waals surface area contributed by atoms with Gasteiger partial charge >= 0.3 is 0 Å². The second-order valence-electron chi connectivity index (χ2n) is 6.04. The number of aromatic nitrogens is 3. The average molecular weight is 443 g/mol. The Morgan fingerprint density at radius 1 is 1.04 bits per heavy atom. The van der Waals surface area contributed by atoms with E-state index >= 15 is 0 Å². The first-order valence-electron chi connectivity index (χ1n) is 8.61. The van der Waals surface area contributed by atoms with Gasteiger partial charge in [0, 0.05) is 15.8 Å². The number of rotatable bonds is 6. The molecule has 3 aromatic rings. The van der Waals surface area contributed by atoms with Crippen molar-refractivity contribution < 1.29 is 9.59 Å². The lowest BCUT2D eigenvalue weighted by atomic mass is 10.1. The summed E-state index contributed by atoms with van der Waals surface area (Å²) in [5.74, 6) is -0.798. The van der Waals surface area contributed by atoms with Crippen molar-refractivity contribution in [2.75, 3.05) is 16.4 Å². The van der Waals surface area contributed by atoms with Gasteiger partial charge in [-0.25, -0.2) is 4.68 Å². The first kappa shape index (κ1) is 19.6. The maximum atomic E-state index is 12.4. The molecule has 0 radical (unpaired) electrons. The normalized spacial score (nSPS) is 10.5. The Hall–Kier alpha value is -3.20. The summed E-state index contributed by atoms with van der Waals surface area (Å²) in [6, 6.07) is 14.6. The Labute approximate surface area is 170 Å². The quantitative estimate of drug-likeness (QED) is 0.542. The number of hydrogen-bond acceptors (Lipinski definition) is 5. The molecule has 0 saturated heterocycles. The molecule has 8 nitrogen and oxygen atoms in total. The van der Waals surface area contributed by atoms with Crippen molar-refractivity contribution in [3.05, 3.63) is 64.3 Å². The van der Waals surface area contributed by atoms with Gasteiger partial charge in [0.05, 0.1) is 0 Å². The molecule has 0 unspecified atom stereocenters. The van der Waals surface area contributed by atoms with Gasteiger partial charge in [0.15, 0.2) is 11.5 Å². The smallest absolute Gasteiger partial charge is 0.280 e. The molecule has 2 aromatic carbocycles. The van der Waals surface area contributed by atoms with Crippen molar-refractivity contribution in [2.45, 2.75) is 19.9 Å². The second kappa shape index (κ2) is 8.66. The Bertz CT molecular complexity index is 983. The van der Waals surface area contributed by atoms with Crippen LogP contribution in [0.4, 0.5) is 17.2 Å². The molecule has 3 rings (SSSR count). The van der Waals surface area contributed by atoms with Crippen molar-refractivity contribution in [1.29, 1.82) is 0 Å². The zero-order chi connectivity index (χ0) is 20.1. The van der Waals surface area contributed by atoms with Crippen LogP contribution in [0.5, 0.6) is 0 Å². The topological polar surface area (TPSA) is 115 Å². The third kappa shape index (κ3) is 4.74. The summed E-state index contributed by atoms with van der Waals surface area (Å²) in [6.07, 6.45) is 0.925. The highest BCUT2D eigenvalue weighted by Gasteiger charge is 2.19. The van der Waals surface area contributed by atoms with Crippen molar-refractivity contribution in [3.8, 4) is 0 Å². The van der Waals surface area contributed by atoms with Crippen LogP contribution in [0.3, 0.4) is 0 Å². The number of nitrogens with one attached hydrogen (secondary N) is 2.